The molecule has 0 N–H and O–H groups in total. The van der Waals surface area contributed by atoms with E-state index in [1.54, 1.807) is 6.34 Å². The van der Waals surface area contributed by atoms with Crippen LogP contribution in [0.2, 0.25) is 0 Å². The maximum Gasteiger partial charge on any atom is 0.188 e. The molecule has 0 amide bonds. The molecule has 13 heavy (non-hydrogen) atoms. The van der Waals surface area contributed by atoms with Crippen LogP contribution in [0.1, 0.15) is 6.92 Å². The first-order valence-electron chi connectivity index (χ1n) is 3.51. The van der Waals surface area contributed by atoms with Gasteiger partial charge in [-0.25, -0.2) is 4.99 Å². The van der Waals surface area contributed by atoms with Gasteiger partial charge < -0.3 is 7.43 Å². The second kappa shape index (κ2) is 3.34. The van der Waals surface area contributed by atoms with Crippen molar-refractivity contribution in [1.82, 2.24) is 0 Å². The molecule has 0 fully saturated rings. The Kier molecular flexibility index (Phi) is 2.73. The molecule has 0 bridgehead atoms. The minimum absolute atomic E-state index is 0. The predicted octanol–water partition coefficient (Wildman–Crippen LogP) is 1.08. The van der Waals surface area contributed by atoms with Crippen molar-refractivity contribution in [2.75, 3.05) is 0 Å². The van der Waals surface area contributed by atoms with Gasteiger partial charge in [-0.3, -0.25) is 0 Å². The van der Waals surface area contributed by atoms with E-state index in [4.69, 9.17) is 0 Å². The largest absolute Gasteiger partial charge is 0.358 e. The Morgan fingerprint density at radius 2 is 2.23 bits per heavy atom. The first-order chi connectivity index (χ1) is 5.27. The summed E-state index contributed by atoms with van der Waals surface area (Å²) in [4.78, 5) is 4.10. The van der Waals surface area contributed by atoms with Crippen LogP contribution in [-0.2, 0) is 0 Å². The fourth-order valence-corrected chi connectivity index (χ4v) is 1.24. The Balaban J connectivity index is 0.000000720. The molecule has 0 aromatic carbocycles. The van der Waals surface area contributed by atoms with Gasteiger partial charge >= 0.3 is 0 Å². The molecule has 79 valence electrons. The van der Waals surface area contributed by atoms with Crippen molar-refractivity contribution in [1.29, 1.82) is 0 Å². The zero-order valence-electron chi connectivity index (χ0n) is 7.62. The van der Waals surface area contributed by atoms with Crippen molar-refractivity contribution in [2.24, 2.45) is 10.1 Å². The van der Waals surface area contributed by atoms with Gasteiger partial charge in [-0.2, -0.15) is 6.92 Å². The van der Waals surface area contributed by atoms with Gasteiger partial charge in [0.2, 0.25) is 0 Å². The van der Waals surface area contributed by atoms with E-state index >= 15 is 0 Å². The van der Waals surface area contributed by atoms with E-state index in [0.29, 0.717) is 0 Å². The number of aliphatic imine (C=N–C) groups is 1. The number of nitrogens with zero attached hydrogens (tertiary/aromatic N) is 3. The Hall–Kier alpha value is -2.38. The fraction of sp³-hybridized carbons (Fsp3) is 0.222. The Labute approximate surface area is 72.8 Å². The molecule has 2 aliphatic rings. The number of fused-ring (bicyclic) bond motifs is 1. The monoisotopic (exact) mass is 424 g/mol. The first-order valence-corrected chi connectivity index (χ1v) is 3.51. The molecule has 0 aromatic rings. The molecule has 0 saturated carbocycles. The van der Waals surface area contributed by atoms with Crippen LogP contribution in [-0.4, -0.2) is 29.0 Å². The van der Waals surface area contributed by atoms with Crippen LogP contribution in [0.5, 0.6) is 0 Å². The van der Waals surface area contributed by atoms with Crippen LogP contribution in [0.3, 0.4) is 0 Å². The van der Waals surface area contributed by atoms with Crippen molar-refractivity contribution >= 4 is 18.3 Å². The zero-order valence-corrected chi connectivity index (χ0v) is 9.77. The molecule has 0 aromatic heterocycles. The summed E-state index contributed by atoms with van der Waals surface area (Å²) in [6.07, 6.45) is 5.53. The minimum atomic E-state index is 0. The summed E-state index contributed by atoms with van der Waals surface area (Å²) in [6, 6.07) is 0.215. The summed E-state index contributed by atoms with van der Waals surface area (Å²) in [5.74, 6) is 0. The second-order valence-corrected chi connectivity index (χ2v) is 2.70. The molecule has 2 rings (SSSR count). The maximum absolute atomic E-state index is 4.10. The van der Waals surface area contributed by atoms with Crippen molar-refractivity contribution < 1.29 is 4.68 Å². The summed E-state index contributed by atoms with van der Waals surface area (Å²) in [6.45, 7) is 5.82. The standard InChI is InChI=1S/C8H9N3.CH3.Lr/c1-6-3-8-7(2)9-5-10-11(8)4-6;;/h3-5,8H,1H2,2H3;1H3;/q;-1;. The van der Waals surface area contributed by atoms with Crippen molar-refractivity contribution in [3.05, 3.63) is 26.0 Å². The van der Waals surface area contributed by atoms with Gasteiger partial charge in [0.15, 0.2) is 12.4 Å². The topological polar surface area (TPSA) is 27.7 Å². The SMILES string of the molecule is [CH2-]C1=CC2C(C)=NC=N[N+]2=C1.[CH3-].[Lr]. The van der Waals surface area contributed by atoms with E-state index in [1.807, 2.05) is 17.8 Å². The van der Waals surface area contributed by atoms with Gasteiger partial charge in [0.05, 0.1) is 11.9 Å². The van der Waals surface area contributed by atoms with E-state index in [9.17, 15) is 0 Å². The normalized spacial score (nSPS) is 23.2. The first kappa shape index (κ1) is 10.6. The van der Waals surface area contributed by atoms with Gasteiger partial charge in [-0.15, -0.1) is 16.3 Å². The van der Waals surface area contributed by atoms with E-state index in [2.05, 4.69) is 23.1 Å². The molecule has 1 unspecified atom stereocenters. The molecule has 2 heterocycles. The van der Waals surface area contributed by atoms with Crippen molar-refractivity contribution in [3.8, 4) is 0 Å². The molecule has 4 heteroatoms. The smallest absolute Gasteiger partial charge is 0.188 e. The number of allylic oxidation sites excluding steroid dienone is 1. The summed E-state index contributed by atoms with van der Waals surface area (Å²) in [5.41, 5.74) is 2.07. The Morgan fingerprint density at radius 1 is 1.54 bits per heavy atom. The van der Waals surface area contributed by atoms with Gasteiger partial charge in [0, 0.05) is 0 Å². The molecule has 0 aliphatic carbocycles. The van der Waals surface area contributed by atoms with Gasteiger partial charge in [0.25, 0.3) is 0 Å². The predicted molar refractivity (Wildman–Crippen MR) is 51.6 cm³/mol. The van der Waals surface area contributed by atoms with Gasteiger partial charge in [-0.1, -0.05) is 0 Å². The maximum atomic E-state index is 4.10. The van der Waals surface area contributed by atoms with Crippen molar-refractivity contribution in [3.63, 3.8) is 0 Å². The van der Waals surface area contributed by atoms with E-state index < -0.39 is 0 Å². The van der Waals surface area contributed by atoms with Crippen LogP contribution in [0.15, 0.2) is 21.7 Å². The van der Waals surface area contributed by atoms with Crippen LogP contribution in [0, 0.1) is 14.4 Å². The van der Waals surface area contributed by atoms with E-state index in [-0.39, 0.29) is 13.5 Å². The third-order valence-corrected chi connectivity index (χ3v) is 1.83. The summed E-state index contributed by atoms with van der Waals surface area (Å²) < 4.78 is 1.87. The molecule has 1 atom stereocenters. The van der Waals surface area contributed by atoms with Crippen LogP contribution >= 0.6 is 0 Å². The molecule has 3 nitrogen and oxygen atoms in total. The van der Waals surface area contributed by atoms with Crippen molar-refractivity contribution in [2.45, 2.75) is 13.0 Å². The van der Waals surface area contributed by atoms with E-state index in [0.717, 1.165) is 11.3 Å². The molecule has 2 aliphatic heterocycles. The molecule has 1 radical (unpaired) electrons. The number of hydrogen-bond donors (Lipinski definition) is 0. The van der Waals surface area contributed by atoms with Gasteiger partial charge in [0.1, 0.15) is 0 Å². The summed E-state index contributed by atoms with van der Waals surface area (Å²) >= 11 is 0. The Bertz CT molecular complexity index is 313. The molecule has 0 spiro atoms. The Morgan fingerprint density at radius 3 is 2.85 bits per heavy atom. The summed E-state index contributed by atoms with van der Waals surface area (Å²) in [7, 11) is 0. The molecular weight excluding hydrogens is 412 g/mol. The van der Waals surface area contributed by atoms with Gasteiger partial charge in [-0.05, 0) is 12.0 Å². The average molecular weight is 424 g/mol. The number of rotatable bonds is 0. The van der Waals surface area contributed by atoms with Crippen LogP contribution < -0.4 is 0 Å². The number of hydrogen-bond acceptors (Lipinski definition) is 2. The minimum Gasteiger partial charge on any atom is -0.358 e. The molecule has 0 saturated heterocycles. The fourth-order valence-electron chi connectivity index (χ4n) is 1.24. The quantitative estimate of drug-likeness (QED) is 0.412. The summed E-state index contributed by atoms with van der Waals surface area (Å²) in [5, 5.41) is 4.07. The zero-order chi connectivity index (χ0) is 7.84. The van der Waals surface area contributed by atoms with E-state index in [1.165, 1.54) is 0 Å². The third kappa shape index (κ3) is 1.45. The second-order valence-electron chi connectivity index (χ2n) is 2.70. The van der Waals surface area contributed by atoms with Crippen LogP contribution in [0.25, 0.3) is 0 Å². The van der Waals surface area contributed by atoms with Crippen LogP contribution in [0.4, 0.5) is 0 Å². The number of hydrazone groups is 1. The molecular formula is C9H12LrN3-. The average Bonchev–Trinajstić information content (AvgIpc) is 2.31. The third-order valence-electron chi connectivity index (χ3n) is 1.83.